The Kier molecular flexibility index (Phi) is 3.92. The van der Waals surface area contributed by atoms with E-state index in [9.17, 15) is 0 Å². The van der Waals surface area contributed by atoms with Crippen molar-refractivity contribution in [1.82, 2.24) is 4.98 Å². The lowest BCUT2D eigenvalue weighted by Gasteiger charge is -2.18. The fourth-order valence-electron chi connectivity index (χ4n) is 2.41. The Morgan fingerprint density at radius 2 is 1.88 bits per heavy atom. The van der Waals surface area contributed by atoms with E-state index in [4.69, 9.17) is 0 Å². The van der Waals surface area contributed by atoms with Gasteiger partial charge in [0.15, 0.2) is 0 Å². The molecule has 0 N–H and O–H groups in total. The van der Waals surface area contributed by atoms with Crippen molar-refractivity contribution in [1.29, 1.82) is 0 Å². The van der Waals surface area contributed by atoms with Gasteiger partial charge in [0.1, 0.15) is 0 Å². The first kappa shape index (κ1) is 11.8. The molecule has 0 radical (unpaired) electrons. The van der Waals surface area contributed by atoms with E-state index in [0.29, 0.717) is 5.92 Å². The third-order valence-electron chi connectivity index (χ3n) is 3.31. The first-order chi connectivity index (χ1) is 8.36. The van der Waals surface area contributed by atoms with Crippen LogP contribution in [0.5, 0.6) is 0 Å². The molecule has 1 aromatic carbocycles. The number of hydrogen-bond donors (Lipinski definition) is 0. The molecule has 1 aromatic heterocycles. The van der Waals surface area contributed by atoms with Crippen LogP contribution in [0.2, 0.25) is 0 Å². The van der Waals surface area contributed by atoms with Crippen molar-refractivity contribution in [3.8, 4) is 0 Å². The zero-order valence-electron chi connectivity index (χ0n) is 10.6. The van der Waals surface area contributed by atoms with Crippen LogP contribution >= 0.6 is 0 Å². The molecule has 0 bridgehead atoms. The van der Waals surface area contributed by atoms with E-state index in [1.165, 1.54) is 16.7 Å². The van der Waals surface area contributed by atoms with Crippen molar-refractivity contribution >= 4 is 0 Å². The summed E-state index contributed by atoms with van der Waals surface area (Å²) in [6.45, 7) is 4.46. The van der Waals surface area contributed by atoms with Gasteiger partial charge in [0.2, 0.25) is 0 Å². The van der Waals surface area contributed by atoms with E-state index in [2.05, 4.69) is 49.2 Å². The van der Waals surface area contributed by atoms with Crippen LogP contribution in [-0.2, 0) is 6.42 Å². The quantitative estimate of drug-likeness (QED) is 0.760. The first-order valence-electron chi connectivity index (χ1n) is 6.34. The maximum absolute atomic E-state index is 4.23. The van der Waals surface area contributed by atoms with Gasteiger partial charge in [-0.25, -0.2) is 0 Å². The monoisotopic (exact) mass is 225 g/mol. The number of aromatic nitrogens is 1. The Morgan fingerprint density at radius 3 is 2.53 bits per heavy atom. The van der Waals surface area contributed by atoms with Crippen molar-refractivity contribution in [2.75, 3.05) is 0 Å². The van der Waals surface area contributed by atoms with Crippen molar-refractivity contribution in [2.45, 2.75) is 32.6 Å². The lowest BCUT2D eigenvalue weighted by molar-refractivity contribution is 0.761. The highest BCUT2D eigenvalue weighted by Gasteiger charge is 2.14. The molecule has 2 rings (SSSR count). The van der Waals surface area contributed by atoms with Gasteiger partial charge in [0.05, 0.1) is 0 Å². The smallest absolute Gasteiger partial charge is 0.0306 e. The molecular weight excluding hydrogens is 206 g/mol. The molecule has 0 spiro atoms. The zero-order chi connectivity index (χ0) is 12.1. The zero-order valence-corrected chi connectivity index (χ0v) is 10.6. The van der Waals surface area contributed by atoms with Crippen LogP contribution in [0.4, 0.5) is 0 Å². The van der Waals surface area contributed by atoms with Gasteiger partial charge in [-0.15, -0.1) is 0 Å². The summed E-state index contributed by atoms with van der Waals surface area (Å²) >= 11 is 0. The first-order valence-corrected chi connectivity index (χ1v) is 6.34. The summed E-state index contributed by atoms with van der Waals surface area (Å²) in [5, 5.41) is 0. The Balaban J connectivity index is 2.42. The van der Waals surface area contributed by atoms with Gasteiger partial charge in [-0.05, 0) is 35.6 Å². The predicted octanol–water partition coefficient (Wildman–Crippen LogP) is 4.19. The maximum Gasteiger partial charge on any atom is 0.0306 e. The number of benzene rings is 1. The van der Waals surface area contributed by atoms with E-state index in [-0.39, 0.29) is 0 Å². The number of pyridine rings is 1. The molecule has 0 fully saturated rings. The maximum atomic E-state index is 4.23. The molecule has 1 heterocycles. The van der Waals surface area contributed by atoms with Gasteiger partial charge in [0, 0.05) is 18.3 Å². The minimum Gasteiger partial charge on any atom is -0.264 e. The highest BCUT2D eigenvalue weighted by molar-refractivity contribution is 5.36. The molecule has 0 aliphatic rings. The van der Waals surface area contributed by atoms with Crippen LogP contribution in [-0.4, -0.2) is 4.98 Å². The van der Waals surface area contributed by atoms with Gasteiger partial charge in [-0.3, -0.25) is 4.98 Å². The van der Waals surface area contributed by atoms with Gasteiger partial charge < -0.3 is 0 Å². The molecule has 1 unspecified atom stereocenters. The number of aryl methyl sites for hydroxylation is 1. The lowest BCUT2D eigenvalue weighted by Crippen LogP contribution is -2.03. The Labute approximate surface area is 104 Å². The molecule has 0 saturated carbocycles. The van der Waals surface area contributed by atoms with Crippen molar-refractivity contribution in [2.24, 2.45) is 0 Å². The summed E-state index contributed by atoms with van der Waals surface area (Å²) in [5.74, 6) is 0.472. The van der Waals surface area contributed by atoms with Gasteiger partial charge in [-0.2, -0.15) is 0 Å². The number of hydrogen-bond acceptors (Lipinski definition) is 1. The second-order valence-corrected chi connectivity index (χ2v) is 4.30. The molecule has 0 amide bonds. The van der Waals surface area contributed by atoms with Gasteiger partial charge in [-0.1, -0.05) is 44.2 Å². The van der Waals surface area contributed by atoms with Crippen molar-refractivity contribution < 1.29 is 0 Å². The lowest BCUT2D eigenvalue weighted by atomic mass is 9.86. The van der Waals surface area contributed by atoms with Crippen LogP contribution in [0.3, 0.4) is 0 Å². The van der Waals surface area contributed by atoms with E-state index in [1.807, 2.05) is 18.5 Å². The fraction of sp³-hybridized carbons (Fsp3) is 0.312. The topological polar surface area (TPSA) is 12.9 Å². The average molecular weight is 225 g/mol. The van der Waals surface area contributed by atoms with Crippen LogP contribution in [0.15, 0.2) is 48.8 Å². The normalized spacial score (nSPS) is 12.4. The standard InChI is InChI=1S/C16H19N/c1-3-13-8-5-6-10-16(13)15(4-2)14-9-7-11-17-12-14/h5-12,15H,3-4H2,1-2H3. The second kappa shape index (κ2) is 5.62. The summed E-state index contributed by atoms with van der Waals surface area (Å²) in [5.41, 5.74) is 4.21. The van der Waals surface area contributed by atoms with E-state index < -0.39 is 0 Å². The second-order valence-electron chi connectivity index (χ2n) is 4.30. The molecule has 1 heteroatoms. The SMILES string of the molecule is CCc1ccccc1C(CC)c1cccnc1. The third kappa shape index (κ3) is 2.55. The predicted molar refractivity (Wildman–Crippen MR) is 72.2 cm³/mol. The Morgan fingerprint density at radius 1 is 1.06 bits per heavy atom. The molecule has 2 aromatic rings. The van der Waals surface area contributed by atoms with Gasteiger partial charge >= 0.3 is 0 Å². The van der Waals surface area contributed by atoms with E-state index in [1.54, 1.807) is 0 Å². The largest absolute Gasteiger partial charge is 0.264 e. The molecule has 0 aliphatic carbocycles. The molecular formula is C16H19N. The summed E-state index contributed by atoms with van der Waals surface area (Å²) in [6.07, 6.45) is 6.03. The average Bonchev–Trinajstić information content (AvgIpc) is 2.41. The molecule has 0 saturated heterocycles. The van der Waals surface area contributed by atoms with E-state index in [0.717, 1.165) is 12.8 Å². The van der Waals surface area contributed by atoms with Crippen molar-refractivity contribution in [3.63, 3.8) is 0 Å². The molecule has 1 nitrogen and oxygen atoms in total. The molecule has 88 valence electrons. The third-order valence-corrected chi connectivity index (χ3v) is 3.31. The molecule has 1 atom stereocenters. The highest BCUT2D eigenvalue weighted by atomic mass is 14.6. The van der Waals surface area contributed by atoms with Gasteiger partial charge in [0.25, 0.3) is 0 Å². The number of nitrogens with zero attached hydrogens (tertiary/aromatic N) is 1. The highest BCUT2D eigenvalue weighted by Crippen LogP contribution is 2.29. The Hall–Kier alpha value is -1.63. The van der Waals surface area contributed by atoms with Crippen LogP contribution in [0.25, 0.3) is 0 Å². The Bertz CT molecular complexity index is 462. The summed E-state index contributed by atoms with van der Waals surface area (Å²) in [4.78, 5) is 4.23. The van der Waals surface area contributed by atoms with Crippen LogP contribution < -0.4 is 0 Å². The minimum atomic E-state index is 0.472. The summed E-state index contributed by atoms with van der Waals surface area (Å²) < 4.78 is 0. The fourth-order valence-corrected chi connectivity index (χ4v) is 2.41. The molecule has 0 aliphatic heterocycles. The summed E-state index contributed by atoms with van der Waals surface area (Å²) in [6, 6.07) is 12.9. The summed E-state index contributed by atoms with van der Waals surface area (Å²) in [7, 11) is 0. The minimum absolute atomic E-state index is 0.472. The van der Waals surface area contributed by atoms with Crippen molar-refractivity contribution in [3.05, 3.63) is 65.5 Å². The van der Waals surface area contributed by atoms with E-state index >= 15 is 0 Å². The van der Waals surface area contributed by atoms with Crippen LogP contribution in [0, 0.1) is 0 Å². The molecule has 17 heavy (non-hydrogen) atoms. The van der Waals surface area contributed by atoms with Crippen LogP contribution in [0.1, 0.15) is 42.9 Å². The number of rotatable bonds is 4.